The first-order chi connectivity index (χ1) is 7.50. The van der Waals surface area contributed by atoms with Gasteiger partial charge in [-0.25, -0.2) is 4.79 Å². The predicted molar refractivity (Wildman–Crippen MR) is 57.5 cm³/mol. The number of carboxylic acid groups (broad SMARTS) is 1. The van der Waals surface area contributed by atoms with Gasteiger partial charge in [0.1, 0.15) is 0 Å². The van der Waals surface area contributed by atoms with E-state index in [1.807, 2.05) is 0 Å². The van der Waals surface area contributed by atoms with Gasteiger partial charge in [0.2, 0.25) is 5.76 Å². The lowest BCUT2D eigenvalue weighted by Crippen LogP contribution is -2.24. The zero-order valence-corrected chi connectivity index (χ0v) is 9.32. The molecule has 1 aromatic rings. The van der Waals surface area contributed by atoms with E-state index >= 15 is 0 Å². The van der Waals surface area contributed by atoms with Gasteiger partial charge >= 0.3 is 5.97 Å². The van der Waals surface area contributed by atoms with Crippen LogP contribution in [0, 0.1) is 5.92 Å². The van der Waals surface area contributed by atoms with Crippen molar-refractivity contribution in [3.63, 3.8) is 0 Å². The second-order valence-electron chi connectivity index (χ2n) is 3.91. The Bertz CT molecular complexity index is 381. The number of hydrogen-bond acceptors (Lipinski definition) is 3. The summed E-state index contributed by atoms with van der Waals surface area (Å²) in [7, 11) is 0. The van der Waals surface area contributed by atoms with Gasteiger partial charge in [0.15, 0.2) is 5.76 Å². The molecular weight excluding hydrogens is 210 g/mol. The minimum absolute atomic E-state index is 0.0288. The van der Waals surface area contributed by atoms with E-state index < -0.39 is 5.97 Å². The van der Waals surface area contributed by atoms with Gasteiger partial charge in [-0.15, -0.1) is 0 Å². The molecule has 1 amide bonds. The number of amides is 1. The molecule has 0 atom stereocenters. The molecule has 0 aliphatic heterocycles. The van der Waals surface area contributed by atoms with Crippen molar-refractivity contribution in [2.75, 3.05) is 6.54 Å². The molecule has 1 aromatic heterocycles. The van der Waals surface area contributed by atoms with Crippen molar-refractivity contribution in [2.45, 2.75) is 20.3 Å². The van der Waals surface area contributed by atoms with E-state index in [0.717, 1.165) is 6.42 Å². The van der Waals surface area contributed by atoms with Crippen molar-refractivity contribution in [3.05, 3.63) is 23.7 Å². The third kappa shape index (κ3) is 3.42. The van der Waals surface area contributed by atoms with Crippen LogP contribution in [0.2, 0.25) is 0 Å². The highest BCUT2D eigenvalue weighted by Crippen LogP contribution is 2.07. The van der Waals surface area contributed by atoms with E-state index in [1.54, 1.807) is 0 Å². The van der Waals surface area contributed by atoms with Gasteiger partial charge in [0.25, 0.3) is 5.91 Å². The van der Waals surface area contributed by atoms with Gasteiger partial charge in [-0.3, -0.25) is 4.79 Å². The van der Waals surface area contributed by atoms with Gasteiger partial charge < -0.3 is 14.8 Å². The second kappa shape index (κ2) is 5.34. The Balaban J connectivity index is 2.50. The molecule has 0 aromatic carbocycles. The Hall–Kier alpha value is -1.78. The van der Waals surface area contributed by atoms with Crippen molar-refractivity contribution in [1.82, 2.24) is 5.32 Å². The summed E-state index contributed by atoms with van der Waals surface area (Å²) in [5, 5.41) is 11.3. The second-order valence-corrected chi connectivity index (χ2v) is 3.91. The Morgan fingerprint density at radius 2 is 2.00 bits per heavy atom. The lowest BCUT2D eigenvalue weighted by molar-refractivity contribution is 0.0659. The maximum absolute atomic E-state index is 11.5. The van der Waals surface area contributed by atoms with Crippen LogP contribution in [0.1, 0.15) is 41.4 Å². The monoisotopic (exact) mass is 225 g/mol. The molecule has 16 heavy (non-hydrogen) atoms. The summed E-state index contributed by atoms with van der Waals surface area (Å²) in [6.07, 6.45) is 0.873. The summed E-state index contributed by atoms with van der Waals surface area (Å²) in [6.45, 7) is 4.67. The molecule has 0 spiro atoms. The van der Waals surface area contributed by atoms with Crippen LogP contribution < -0.4 is 5.32 Å². The fourth-order valence-electron chi connectivity index (χ4n) is 1.14. The van der Waals surface area contributed by atoms with Crippen LogP contribution in [0.25, 0.3) is 0 Å². The number of carbonyl (C=O) groups excluding carboxylic acids is 1. The number of aromatic carboxylic acids is 1. The molecular formula is C11H15NO4. The fraction of sp³-hybridized carbons (Fsp3) is 0.455. The minimum Gasteiger partial charge on any atom is -0.475 e. The predicted octanol–water partition coefficient (Wildman–Crippen LogP) is 1.75. The topological polar surface area (TPSA) is 79.5 Å². The van der Waals surface area contributed by atoms with Gasteiger partial charge in [0.05, 0.1) is 0 Å². The van der Waals surface area contributed by atoms with E-state index in [-0.39, 0.29) is 17.4 Å². The van der Waals surface area contributed by atoms with Crippen molar-refractivity contribution in [1.29, 1.82) is 0 Å². The molecule has 0 aliphatic carbocycles. The maximum Gasteiger partial charge on any atom is 0.371 e. The largest absolute Gasteiger partial charge is 0.475 e. The summed E-state index contributed by atoms with van der Waals surface area (Å²) in [5.74, 6) is -1.25. The lowest BCUT2D eigenvalue weighted by atomic mass is 10.1. The van der Waals surface area contributed by atoms with E-state index in [4.69, 9.17) is 9.52 Å². The van der Waals surface area contributed by atoms with Crippen molar-refractivity contribution in [3.8, 4) is 0 Å². The lowest BCUT2D eigenvalue weighted by Gasteiger charge is -2.05. The molecule has 0 fully saturated rings. The first kappa shape index (κ1) is 12.3. The maximum atomic E-state index is 11.5. The number of furan rings is 1. The van der Waals surface area contributed by atoms with E-state index in [2.05, 4.69) is 19.2 Å². The normalized spacial score (nSPS) is 10.4. The number of carboxylic acids is 1. The van der Waals surface area contributed by atoms with Crippen molar-refractivity contribution in [2.24, 2.45) is 5.92 Å². The molecule has 0 aliphatic rings. The molecule has 0 unspecified atom stereocenters. The average molecular weight is 225 g/mol. The number of nitrogens with one attached hydrogen (secondary N) is 1. The molecule has 0 radical (unpaired) electrons. The van der Waals surface area contributed by atoms with Crippen LogP contribution in [-0.4, -0.2) is 23.5 Å². The Labute approximate surface area is 93.4 Å². The van der Waals surface area contributed by atoms with E-state index in [1.165, 1.54) is 12.1 Å². The zero-order valence-electron chi connectivity index (χ0n) is 9.32. The molecule has 88 valence electrons. The summed E-state index contributed by atoms with van der Waals surface area (Å²) in [6, 6.07) is 2.62. The molecule has 0 saturated heterocycles. The Morgan fingerprint density at radius 1 is 1.38 bits per heavy atom. The number of carbonyl (C=O) groups is 2. The number of hydrogen-bond donors (Lipinski definition) is 2. The SMILES string of the molecule is CC(C)CCNC(=O)c1ccc(C(=O)O)o1. The van der Waals surface area contributed by atoms with Gasteiger partial charge in [0, 0.05) is 6.54 Å². The van der Waals surface area contributed by atoms with Crippen LogP contribution in [0.15, 0.2) is 16.5 Å². The zero-order chi connectivity index (χ0) is 12.1. The Kier molecular flexibility index (Phi) is 4.10. The first-order valence-corrected chi connectivity index (χ1v) is 5.12. The van der Waals surface area contributed by atoms with Gasteiger partial charge in [-0.1, -0.05) is 13.8 Å². The minimum atomic E-state index is -1.18. The van der Waals surface area contributed by atoms with Crippen molar-refractivity contribution < 1.29 is 19.1 Å². The molecule has 0 bridgehead atoms. The molecule has 1 heterocycles. The fourth-order valence-corrected chi connectivity index (χ4v) is 1.14. The van der Waals surface area contributed by atoms with Crippen LogP contribution in [0.5, 0.6) is 0 Å². The molecule has 2 N–H and O–H groups in total. The van der Waals surface area contributed by atoms with E-state index in [9.17, 15) is 9.59 Å². The summed E-state index contributed by atoms with van der Waals surface area (Å²) in [4.78, 5) is 22.0. The molecule has 5 nitrogen and oxygen atoms in total. The Morgan fingerprint density at radius 3 is 2.50 bits per heavy atom. The summed E-state index contributed by atoms with van der Waals surface area (Å²) < 4.78 is 4.85. The quantitative estimate of drug-likeness (QED) is 0.800. The standard InChI is InChI=1S/C11H15NO4/c1-7(2)5-6-12-10(13)8-3-4-9(16-8)11(14)15/h3-4,7H,5-6H2,1-2H3,(H,12,13)(H,14,15). The first-order valence-electron chi connectivity index (χ1n) is 5.12. The molecule has 0 saturated carbocycles. The summed E-state index contributed by atoms with van der Waals surface area (Å²) in [5.41, 5.74) is 0. The number of rotatable bonds is 5. The molecule has 5 heteroatoms. The highest BCUT2D eigenvalue weighted by molar-refractivity contribution is 5.93. The van der Waals surface area contributed by atoms with Crippen LogP contribution >= 0.6 is 0 Å². The smallest absolute Gasteiger partial charge is 0.371 e. The van der Waals surface area contributed by atoms with Crippen LogP contribution in [0.3, 0.4) is 0 Å². The third-order valence-electron chi connectivity index (χ3n) is 2.05. The van der Waals surface area contributed by atoms with Crippen molar-refractivity contribution >= 4 is 11.9 Å². The van der Waals surface area contributed by atoms with Gasteiger partial charge in [-0.2, -0.15) is 0 Å². The third-order valence-corrected chi connectivity index (χ3v) is 2.05. The highest BCUT2D eigenvalue weighted by Gasteiger charge is 2.14. The summed E-state index contributed by atoms with van der Waals surface area (Å²) >= 11 is 0. The average Bonchev–Trinajstić information content (AvgIpc) is 2.65. The van der Waals surface area contributed by atoms with Crippen LogP contribution in [0.4, 0.5) is 0 Å². The van der Waals surface area contributed by atoms with E-state index in [0.29, 0.717) is 12.5 Å². The molecule has 1 rings (SSSR count). The highest BCUT2D eigenvalue weighted by atomic mass is 16.4. The van der Waals surface area contributed by atoms with Gasteiger partial charge in [-0.05, 0) is 24.5 Å². The van der Waals surface area contributed by atoms with Crippen LogP contribution in [-0.2, 0) is 0 Å².